The molecule has 1 atom stereocenters. The first kappa shape index (κ1) is 21.3. The molecular weight excluding hydrogens is 471 g/mol. The van der Waals surface area contributed by atoms with E-state index in [1.165, 1.54) is 11.9 Å². The molecule has 0 amide bonds. The highest BCUT2D eigenvalue weighted by molar-refractivity contribution is 9.10. The molecule has 2 heterocycles. The molecule has 0 unspecified atom stereocenters. The minimum atomic E-state index is -0.502. The number of nitrogens with zero attached hydrogens (tertiary/aromatic N) is 4. The van der Waals surface area contributed by atoms with Gasteiger partial charge in [-0.3, -0.25) is 4.90 Å². The Morgan fingerprint density at radius 1 is 1.23 bits per heavy atom. The summed E-state index contributed by atoms with van der Waals surface area (Å²) in [6, 6.07) is 10.8. The molecule has 1 saturated heterocycles. The molecule has 3 aromatic rings. The van der Waals surface area contributed by atoms with Gasteiger partial charge in [-0.2, -0.15) is 0 Å². The summed E-state index contributed by atoms with van der Waals surface area (Å²) < 4.78 is 20.9. The SMILES string of the molecule is CCOc1c(Cl)c(Br)c(F)c2ncnc(N3CCN(Cc4ccccc4)[C@H](C)C3)c12. The van der Waals surface area contributed by atoms with Crippen molar-refractivity contribution in [3.05, 3.63) is 57.5 Å². The van der Waals surface area contributed by atoms with E-state index in [0.717, 1.165) is 26.2 Å². The minimum absolute atomic E-state index is 0.158. The van der Waals surface area contributed by atoms with Crippen LogP contribution in [-0.2, 0) is 6.54 Å². The molecule has 30 heavy (non-hydrogen) atoms. The van der Waals surface area contributed by atoms with Crippen LogP contribution in [0.5, 0.6) is 5.75 Å². The molecule has 4 rings (SSSR count). The smallest absolute Gasteiger partial charge is 0.165 e. The van der Waals surface area contributed by atoms with Gasteiger partial charge >= 0.3 is 0 Å². The fourth-order valence-electron chi connectivity index (χ4n) is 3.92. The third-order valence-electron chi connectivity index (χ3n) is 5.43. The molecule has 158 valence electrons. The predicted octanol–water partition coefficient (Wildman–Crippen LogP) is 5.29. The molecule has 1 fully saturated rings. The standard InChI is InChI=1S/C22H23BrClFN4O/c1-3-30-21-16-20(19(25)17(23)18(21)24)26-13-27-22(16)29-10-9-28(14(2)11-29)12-15-7-5-4-6-8-15/h4-8,13-14H,3,9-12H2,1-2H3/t14-/m1/s1. The summed E-state index contributed by atoms with van der Waals surface area (Å²) in [7, 11) is 0. The van der Waals surface area contributed by atoms with Crippen molar-refractivity contribution in [2.45, 2.75) is 26.4 Å². The van der Waals surface area contributed by atoms with Crippen LogP contribution in [0, 0.1) is 5.82 Å². The van der Waals surface area contributed by atoms with E-state index in [1.54, 1.807) is 0 Å². The molecule has 0 N–H and O–H groups in total. The lowest BCUT2D eigenvalue weighted by atomic mass is 10.1. The molecule has 8 heteroatoms. The second-order valence-corrected chi connectivity index (χ2v) is 8.55. The Morgan fingerprint density at radius 2 is 2.00 bits per heavy atom. The molecular formula is C22H23BrClFN4O. The summed E-state index contributed by atoms with van der Waals surface area (Å²) in [5.74, 6) is 0.568. The number of anilines is 1. The second-order valence-electron chi connectivity index (χ2n) is 7.38. The maximum atomic E-state index is 14.9. The molecule has 0 spiro atoms. The van der Waals surface area contributed by atoms with Crippen LogP contribution >= 0.6 is 27.5 Å². The van der Waals surface area contributed by atoms with Gasteiger partial charge in [0.2, 0.25) is 0 Å². The van der Waals surface area contributed by atoms with Crippen LogP contribution < -0.4 is 9.64 Å². The van der Waals surface area contributed by atoms with E-state index in [9.17, 15) is 4.39 Å². The number of aromatic nitrogens is 2. The molecule has 5 nitrogen and oxygen atoms in total. The van der Waals surface area contributed by atoms with Gasteiger partial charge in [-0.25, -0.2) is 14.4 Å². The van der Waals surface area contributed by atoms with E-state index in [0.29, 0.717) is 29.6 Å². The topological polar surface area (TPSA) is 41.5 Å². The molecule has 1 aliphatic rings. The molecule has 2 aromatic carbocycles. The van der Waals surface area contributed by atoms with Crippen molar-refractivity contribution in [2.75, 3.05) is 31.1 Å². The Kier molecular flexibility index (Phi) is 6.41. The van der Waals surface area contributed by atoms with Crippen LogP contribution in [0.4, 0.5) is 10.2 Å². The first-order valence-corrected chi connectivity index (χ1v) is 11.1. The zero-order valence-electron chi connectivity index (χ0n) is 16.9. The second kappa shape index (κ2) is 9.04. The van der Waals surface area contributed by atoms with Crippen LogP contribution in [0.1, 0.15) is 19.4 Å². The quantitative estimate of drug-likeness (QED) is 0.452. The Bertz CT molecular complexity index is 1050. The summed E-state index contributed by atoms with van der Waals surface area (Å²) in [5, 5.41) is 0.724. The lowest BCUT2D eigenvalue weighted by Crippen LogP contribution is -2.51. The fraction of sp³-hybridized carbons (Fsp3) is 0.364. The van der Waals surface area contributed by atoms with Crippen molar-refractivity contribution < 1.29 is 9.13 Å². The Hall–Kier alpha value is -1.96. The third kappa shape index (κ3) is 3.98. The molecule has 0 bridgehead atoms. The third-order valence-corrected chi connectivity index (χ3v) is 6.76. The van der Waals surface area contributed by atoms with Crippen LogP contribution in [-0.4, -0.2) is 47.2 Å². The van der Waals surface area contributed by atoms with E-state index < -0.39 is 5.82 Å². The van der Waals surface area contributed by atoms with Crippen LogP contribution in [0.3, 0.4) is 0 Å². The highest BCUT2D eigenvalue weighted by atomic mass is 79.9. The predicted molar refractivity (Wildman–Crippen MR) is 122 cm³/mol. The van der Waals surface area contributed by atoms with E-state index in [4.69, 9.17) is 16.3 Å². The van der Waals surface area contributed by atoms with E-state index in [1.807, 2.05) is 13.0 Å². The van der Waals surface area contributed by atoms with Crippen LogP contribution in [0.25, 0.3) is 10.9 Å². The van der Waals surface area contributed by atoms with E-state index in [2.05, 4.69) is 66.9 Å². The highest BCUT2D eigenvalue weighted by Crippen LogP contribution is 2.44. The Balaban J connectivity index is 1.67. The van der Waals surface area contributed by atoms with Gasteiger partial charge in [-0.1, -0.05) is 41.9 Å². The van der Waals surface area contributed by atoms with Crippen LogP contribution in [0.15, 0.2) is 41.1 Å². The van der Waals surface area contributed by atoms with E-state index >= 15 is 0 Å². The average molecular weight is 494 g/mol. The number of benzene rings is 2. The molecule has 1 aliphatic heterocycles. The number of hydrogen-bond acceptors (Lipinski definition) is 5. The maximum absolute atomic E-state index is 14.9. The number of fused-ring (bicyclic) bond motifs is 1. The number of ether oxygens (including phenoxy) is 1. The number of piperazine rings is 1. The number of hydrogen-bond donors (Lipinski definition) is 0. The first-order chi connectivity index (χ1) is 14.5. The van der Waals surface area contributed by atoms with Crippen molar-refractivity contribution in [1.29, 1.82) is 0 Å². The Labute approximate surface area is 188 Å². The Morgan fingerprint density at radius 3 is 2.70 bits per heavy atom. The molecule has 0 saturated carbocycles. The van der Waals surface area contributed by atoms with Gasteiger partial charge in [0.25, 0.3) is 0 Å². The van der Waals surface area contributed by atoms with Crippen molar-refractivity contribution in [2.24, 2.45) is 0 Å². The zero-order chi connectivity index (χ0) is 21.3. The summed E-state index contributed by atoms with van der Waals surface area (Å²) in [6.07, 6.45) is 1.40. The van der Waals surface area contributed by atoms with Crippen molar-refractivity contribution in [1.82, 2.24) is 14.9 Å². The fourth-order valence-corrected chi connectivity index (χ4v) is 4.52. The van der Waals surface area contributed by atoms with Gasteiger partial charge in [0.15, 0.2) is 11.6 Å². The van der Waals surface area contributed by atoms with Gasteiger partial charge in [0, 0.05) is 32.2 Å². The van der Waals surface area contributed by atoms with Crippen molar-refractivity contribution >= 4 is 44.3 Å². The summed E-state index contributed by atoms with van der Waals surface area (Å²) in [5.41, 5.74) is 1.50. The van der Waals surface area contributed by atoms with Gasteiger partial charge < -0.3 is 9.64 Å². The van der Waals surface area contributed by atoms with E-state index in [-0.39, 0.29) is 15.0 Å². The zero-order valence-corrected chi connectivity index (χ0v) is 19.2. The minimum Gasteiger partial charge on any atom is -0.491 e. The maximum Gasteiger partial charge on any atom is 0.165 e. The lowest BCUT2D eigenvalue weighted by Gasteiger charge is -2.40. The average Bonchev–Trinajstić information content (AvgIpc) is 2.77. The van der Waals surface area contributed by atoms with Gasteiger partial charge in [0.1, 0.15) is 22.7 Å². The summed E-state index contributed by atoms with van der Waals surface area (Å²) in [4.78, 5) is 13.3. The molecule has 0 aliphatic carbocycles. The van der Waals surface area contributed by atoms with Crippen molar-refractivity contribution in [3.63, 3.8) is 0 Å². The largest absolute Gasteiger partial charge is 0.491 e. The number of rotatable bonds is 5. The normalized spacial score (nSPS) is 17.5. The monoisotopic (exact) mass is 492 g/mol. The first-order valence-electron chi connectivity index (χ1n) is 9.98. The summed E-state index contributed by atoms with van der Waals surface area (Å²) in [6.45, 7) is 7.78. The number of halogens is 3. The highest BCUT2D eigenvalue weighted by Gasteiger charge is 2.29. The van der Waals surface area contributed by atoms with Gasteiger partial charge in [-0.05, 0) is 35.3 Å². The van der Waals surface area contributed by atoms with Crippen LogP contribution in [0.2, 0.25) is 5.02 Å². The van der Waals surface area contributed by atoms with Crippen molar-refractivity contribution in [3.8, 4) is 5.75 Å². The van der Waals surface area contributed by atoms with Gasteiger partial charge in [-0.15, -0.1) is 0 Å². The lowest BCUT2D eigenvalue weighted by molar-refractivity contribution is 0.180. The molecule has 1 aromatic heterocycles. The summed E-state index contributed by atoms with van der Waals surface area (Å²) >= 11 is 9.64. The van der Waals surface area contributed by atoms with Gasteiger partial charge in [0.05, 0.1) is 16.5 Å². The molecule has 0 radical (unpaired) electrons.